The maximum absolute atomic E-state index is 13.3. The Balaban J connectivity index is 1.62. The fourth-order valence-electron chi connectivity index (χ4n) is 4.38. The number of rotatable bonds is 3. The molecule has 0 atom stereocenters. The molecule has 2 aliphatic heterocycles. The largest absolute Gasteiger partial charge is 0.485 e. The number of ether oxygens (including phenoxy) is 2. The van der Waals surface area contributed by atoms with Gasteiger partial charge in [-0.3, -0.25) is 14.3 Å². The number of aromatic nitrogens is 2. The molecule has 3 heterocycles. The van der Waals surface area contributed by atoms with Crippen molar-refractivity contribution in [2.45, 2.75) is 52.3 Å². The number of Topliss-reactive ketones (excluding diaryl/α,β-unsaturated/α-hetero) is 1. The molecule has 1 saturated heterocycles. The average molecular weight is 397 g/mol. The van der Waals surface area contributed by atoms with Crippen LogP contribution in [0.1, 0.15) is 47.1 Å². The van der Waals surface area contributed by atoms with Crippen LogP contribution in [0.2, 0.25) is 0 Å². The van der Waals surface area contributed by atoms with Crippen molar-refractivity contribution in [3.05, 3.63) is 46.8 Å². The predicted molar refractivity (Wildman–Crippen MR) is 107 cm³/mol. The Hall–Kier alpha value is -2.67. The lowest BCUT2D eigenvalue weighted by Gasteiger charge is -2.38. The van der Waals surface area contributed by atoms with Crippen LogP contribution in [-0.2, 0) is 22.6 Å². The number of fused-ring (bicyclic) bond motifs is 1. The smallest absolute Gasteiger partial charge is 0.244 e. The number of hydrogen-bond acceptors (Lipinski definition) is 5. The van der Waals surface area contributed by atoms with E-state index in [9.17, 15) is 9.59 Å². The molecule has 1 amide bonds. The molecule has 154 valence electrons. The molecule has 29 heavy (non-hydrogen) atoms. The second kappa shape index (κ2) is 7.63. The van der Waals surface area contributed by atoms with Gasteiger partial charge in [0.1, 0.15) is 17.9 Å². The molecule has 2 aromatic rings. The average Bonchev–Trinajstić information content (AvgIpc) is 2.86. The van der Waals surface area contributed by atoms with E-state index in [-0.39, 0.29) is 18.2 Å². The van der Waals surface area contributed by atoms with Gasteiger partial charge in [0, 0.05) is 30.6 Å². The number of hydrogen-bond donors (Lipinski definition) is 0. The number of aryl methyl sites for hydroxylation is 1. The number of carbonyl (C=O) groups is 2. The highest BCUT2D eigenvalue weighted by Crippen LogP contribution is 2.35. The van der Waals surface area contributed by atoms with Gasteiger partial charge in [0.2, 0.25) is 5.91 Å². The normalized spacial score (nSPS) is 18.1. The van der Waals surface area contributed by atoms with Crippen molar-refractivity contribution in [1.29, 1.82) is 0 Å². The molecule has 1 aromatic carbocycles. The van der Waals surface area contributed by atoms with Crippen molar-refractivity contribution in [1.82, 2.24) is 14.7 Å². The fraction of sp³-hybridized carbons (Fsp3) is 0.500. The summed E-state index contributed by atoms with van der Waals surface area (Å²) in [5, 5.41) is 4.44. The third-order valence-electron chi connectivity index (χ3n) is 5.91. The molecule has 0 saturated carbocycles. The van der Waals surface area contributed by atoms with E-state index in [0.717, 1.165) is 29.8 Å². The van der Waals surface area contributed by atoms with Gasteiger partial charge in [-0.15, -0.1) is 0 Å². The Morgan fingerprint density at radius 3 is 2.59 bits per heavy atom. The minimum atomic E-state index is -0.430. The third-order valence-corrected chi connectivity index (χ3v) is 5.91. The summed E-state index contributed by atoms with van der Waals surface area (Å²) >= 11 is 0. The SMILES string of the molecule is CC(=O)c1c(C)nn(CC(=O)N2Cc3ccccc3OC3(CCOCC3)C2)c1C. The fourth-order valence-corrected chi connectivity index (χ4v) is 4.38. The van der Waals surface area contributed by atoms with E-state index < -0.39 is 5.60 Å². The number of ketones is 1. The van der Waals surface area contributed by atoms with Crippen molar-refractivity contribution in [2.24, 2.45) is 0 Å². The Kier molecular flexibility index (Phi) is 5.17. The number of carbonyl (C=O) groups excluding carboxylic acids is 2. The van der Waals surface area contributed by atoms with Crippen LogP contribution in [-0.4, -0.2) is 51.7 Å². The highest BCUT2D eigenvalue weighted by Gasteiger charge is 2.40. The van der Waals surface area contributed by atoms with Crippen molar-refractivity contribution in [3.63, 3.8) is 0 Å². The van der Waals surface area contributed by atoms with Gasteiger partial charge in [-0.2, -0.15) is 5.10 Å². The summed E-state index contributed by atoms with van der Waals surface area (Å²) in [6.45, 7) is 7.55. The molecule has 2 aliphatic rings. The van der Waals surface area contributed by atoms with Crippen LogP contribution >= 0.6 is 0 Å². The van der Waals surface area contributed by atoms with Gasteiger partial charge in [-0.1, -0.05) is 18.2 Å². The van der Waals surface area contributed by atoms with Gasteiger partial charge in [-0.05, 0) is 26.8 Å². The van der Waals surface area contributed by atoms with Crippen LogP contribution in [0.15, 0.2) is 24.3 Å². The highest BCUT2D eigenvalue weighted by atomic mass is 16.5. The molecule has 7 nitrogen and oxygen atoms in total. The standard InChI is InChI=1S/C22H27N3O4/c1-15-21(17(3)26)16(2)25(23-15)13-20(27)24-12-18-6-4-5-7-19(18)29-22(14-24)8-10-28-11-9-22/h4-7H,8-14H2,1-3H3. The van der Waals surface area contributed by atoms with Crippen LogP contribution in [0, 0.1) is 13.8 Å². The summed E-state index contributed by atoms with van der Waals surface area (Å²) in [7, 11) is 0. The molecule has 0 unspecified atom stereocenters. The van der Waals surface area contributed by atoms with Gasteiger partial charge in [-0.25, -0.2) is 0 Å². The molecule has 0 N–H and O–H groups in total. The van der Waals surface area contributed by atoms with Crippen LogP contribution in [0.3, 0.4) is 0 Å². The van der Waals surface area contributed by atoms with E-state index in [0.29, 0.717) is 37.6 Å². The minimum absolute atomic E-state index is 0.0306. The number of benzene rings is 1. The molecule has 0 aliphatic carbocycles. The van der Waals surface area contributed by atoms with Gasteiger partial charge in [0.25, 0.3) is 0 Å². The first-order valence-electron chi connectivity index (χ1n) is 10.1. The van der Waals surface area contributed by atoms with E-state index in [1.807, 2.05) is 36.1 Å². The lowest BCUT2D eigenvalue weighted by molar-refractivity contribution is -0.137. The van der Waals surface area contributed by atoms with E-state index >= 15 is 0 Å². The first-order chi connectivity index (χ1) is 13.9. The maximum atomic E-state index is 13.3. The van der Waals surface area contributed by atoms with Crippen LogP contribution in [0.25, 0.3) is 0 Å². The first-order valence-corrected chi connectivity index (χ1v) is 10.1. The summed E-state index contributed by atoms with van der Waals surface area (Å²) < 4.78 is 13.6. The summed E-state index contributed by atoms with van der Waals surface area (Å²) in [6, 6.07) is 7.90. The zero-order valence-corrected chi connectivity index (χ0v) is 17.2. The molecule has 1 spiro atoms. The Bertz CT molecular complexity index is 944. The second-order valence-corrected chi connectivity index (χ2v) is 8.01. The van der Waals surface area contributed by atoms with Crippen LogP contribution < -0.4 is 4.74 Å². The number of amides is 1. The van der Waals surface area contributed by atoms with Gasteiger partial charge >= 0.3 is 0 Å². The van der Waals surface area contributed by atoms with E-state index in [1.54, 1.807) is 11.6 Å². The molecular weight excluding hydrogens is 370 g/mol. The molecule has 1 aromatic heterocycles. The summed E-state index contributed by atoms with van der Waals surface area (Å²) in [4.78, 5) is 27.1. The Morgan fingerprint density at radius 1 is 1.17 bits per heavy atom. The van der Waals surface area contributed by atoms with Gasteiger partial charge < -0.3 is 14.4 Å². The quantitative estimate of drug-likeness (QED) is 0.745. The van der Waals surface area contributed by atoms with Gasteiger partial charge in [0.15, 0.2) is 5.78 Å². The number of para-hydroxylation sites is 1. The first kappa shape index (κ1) is 19.6. The number of nitrogens with zero attached hydrogens (tertiary/aromatic N) is 3. The van der Waals surface area contributed by atoms with E-state index in [2.05, 4.69) is 5.10 Å². The second-order valence-electron chi connectivity index (χ2n) is 8.01. The van der Waals surface area contributed by atoms with E-state index in [1.165, 1.54) is 6.92 Å². The van der Waals surface area contributed by atoms with E-state index in [4.69, 9.17) is 9.47 Å². The van der Waals surface area contributed by atoms with Crippen molar-refractivity contribution in [3.8, 4) is 5.75 Å². The maximum Gasteiger partial charge on any atom is 0.244 e. The van der Waals surface area contributed by atoms with Crippen LogP contribution in [0.5, 0.6) is 5.75 Å². The molecule has 7 heteroatoms. The monoisotopic (exact) mass is 397 g/mol. The highest BCUT2D eigenvalue weighted by molar-refractivity contribution is 5.96. The molecule has 0 bridgehead atoms. The third kappa shape index (κ3) is 3.79. The summed E-state index contributed by atoms with van der Waals surface area (Å²) in [5.74, 6) is 0.781. The topological polar surface area (TPSA) is 73.7 Å². The summed E-state index contributed by atoms with van der Waals surface area (Å²) in [5.41, 5.74) is 2.56. The zero-order chi connectivity index (χ0) is 20.6. The molecule has 4 rings (SSSR count). The van der Waals surface area contributed by atoms with Crippen molar-refractivity contribution in [2.75, 3.05) is 19.8 Å². The van der Waals surface area contributed by atoms with Gasteiger partial charge in [0.05, 0.1) is 31.0 Å². The summed E-state index contributed by atoms with van der Waals surface area (Å²) in [6.07, 6.45) is 1.50. The van der Waals surface area contributed by atoms with Crippen LogP contribution in [0.4, 0.5) is 0 Å². The van der Waals surface area contributed by atoms with Crippen molar-refractivity contribution < 1.29 is 19.1 Å². The lowest BCUT2D eigenvalue weighted by Crippen LogP contribution is -2.51. The predicted octanol–water partition coefficient (Wildman–Crippen LogP) is 2.67. The minimum Gasteiger partial charge on any atom is -0.485 e. The lowest BCUT2D eigenvalue weighted by atomic mass is 9.93. The molecule has 0 radical (unpaired) electrons. The Morgan fingerprint density at radius 2 is 1.90 bits per heavy atom. The van der Waals surface area contributed by atoms with Crippen molar-refractivity contribution >= 4 is 11.7 Å². The Labute approximate surface area is 170 Å². The molecule has 1 fully saturated rings. The molecular formula is C22H27N3O4. The zero-order valence-electron chi connectivity index (χ0n) is 17.2.